The normalized spacial score (nSPS) is 14.5. The van der Waals surface area contributed by atoms with Gasteiger partial charge in [-0.1, -0.05) is 0 Å². The first-order chi connectivity index (χ1) is 8.74. The van der Waals surface area contributed by atoms with Gasteiger partial charge in [0.05, 0.1) is 11.6 Å². The van der Waals surface area contributed by atoms with Crippen LogP contribution < -0.4 is 56.3 Å². The molecule has 0 aromatic heterocycles. The van der Waals surface area contributed by atoms with Gasteiger partial charge in [-0.25, -0.2) is 0 Å². The largest absolute Gasteiger partial charge is 1.00 e. The van der Waals surface area contributed by atoms with Gasteiger partial charge in [-0.15, -0.1) is 6.42 Å². The molecule has 1 saturated heterocycles. The van der Waals surface area contributed by atoms with E-state index < -0.39 is 0 Å². The van der Waals surface area contributed by atoms with Gasteiger partial charge in [0.2, 0.25) is 0 Å². The maximum Gasteiger partial charge on any atom is 1.00 e. The van der Waals surface area contributed by atoms with Crippen molar-refractivity contribution >= 4 is 11.6 Å². The average Bonchev–Trinajstić information content (AvgIpc) is 2.47. The van der Waals surface area contributed by atoms with Crippen LogP contribution in [0.3, 0.4) is 0 Å². The summed E-state index contributed by atoms with van der Waals surface area (Å²) in [6, 6.07) is 9.66. The van der Waals surface area contributed by atoms with Crippen LogP contribution in [0.1, 0.15) is 12.0 Å². The van der Waals surface area contributed by atoms with Crippen LogP contribution in [-0.4, -0.2) is 37.0 Å². The number of carbonyl (C=O) groups excluding carboxylic acids is 1. The van der Waals surface area contributed by atoms with Crippen LogP contribution >= 0.6 is 0 Å². The zero-order valence-corrected chi connectivity index (χ0v) is 14.4. The van der Waals surface area contributed by atoms with Crippen molar-refractivity contribution < 1.29 is 56.2 Å². The first-order valence-electron chi connectivity index (χ1n) is 6.06. The Kier molecular flexibility index (Phi) is 7.04. The number of amides is 1. The van der Waals surface area contributed by atoms with E-state index in [4.69, 9.17) is 5.26 Å². The Morgan fingerprint density at radius 1 is 1.21 bits per heavy atom. The molecular weight excluding hydrogens is 265 g/mol. The number of nitrogens with zero attached hydrogens (tertiary/aromatic N) is 3. The van der Waals surface area contributed by atoms with Crippen LogP contribution in [0.2, 0.25) is 0 Å². The van der Waals surface area contributed by atoms with Crippen molar-refractivity contribution in [3.63, 3.8) is 0 Å². The number of rotatable bonds is 2. The quantitative estimate of drug-likeness (QED) is 0.486. The minimum absolute atomic E-state index is 0. The van der Waals surface area contributed by atoms with E-state index in [1.807, 2.05) is 29.2 Å². The summed E-state index contributed by atoms with van der Waals surface area (Å²) in [6.45, 7) is 6.77. The molecule has 0 atom stereocenters. The van der Waals surface area contributed by atoms with Crippen LogP contribution in [0.4, 0.5) is 5.69 Å². The van der Waals surface area contributed by atoms with E-state index >= 15 is 0 Å². The molecule has 1 fully saturated rings. The van der Waals surface area contributed by atoms with E-state index in [1.165, 1.54) is 0 Å². The second kappa shape index (κ2) is 8.03. The van der Waals surface area contributed by atoms with Gasteiger partial charge in [0.25, 0.3) is 0 Å². The Morgan fingerprint density at radius 2 is 1.79 bits per heavy atom. The summed E-state index contributed by atoms with van der Waals surface area (Å²) in [7, 11) is 0. The van der Waals surface area contributed by atoms with Gasteiger partial charge < -0.3 is 16.7 Å². The monoisotopic (exact) mass is 281 g/mol. The number of hydrogen-bond donors (Lipinski definition) is 0. The smallest absolute Gasteiger partial charge is 0.368 e. The number of anilines is 1. The molecule has 5 heteroatoms. The molecule has 94 valence electrons. The molecule has 0 spiro atoms. The van der Waals surface area contributed by atoms with Gasteiger partial charge in [-0.05, 0) is 24.3 Å². The molecular formula is C14H16KN3O. The minimum atomic E-state index is 0. The topological polar surface area (TPSA) is 47.3 Å². The van der Waals surface area contributed by atoms with Gasteiger partial charge in [0.15, 0.2) is 5.91 Å². The molecule has 1 amide bonds. The standard InChI is InChI=1S/C14H16N3O.K/c1-2-14(18)17-9-7-16(8-10-17)13-5-3-12(11-15)4-6-13;/h3-6H,1-2,7-10H2;/q-1;+1. The molecule has 19 heavy (non-hydrogen) atoms. The molecule has 2 rings (SSSR count). The Balaban J connectivity index is 0.00000180. The third kappa shape index (κ3) is 4.30. The molecule has 0 aliphatic carbocycles. The number of benzene rings is 1. The van der Waals surface area contributed by atoms with E-state index in [0.717, 1.165) is 31.9 Å². The predicted molar refractivity (Wildman–Crippen MR) is 69.9 cm³/mol. The average molecular weight is 281 g/mol. The van der Waals surface area contributed by atoms with Gasteiger partial charge in [-0.2, -0.15) is 5.26 Å². The summed E-state index contributed by atoms with van der Waals surface area (Å²) in [5.74, 6) is 0.120. The van der Waals surface area contributed by atoms with Crippen molar-refractivity contribution in [1.29, 1.82) is 5.26 Å². The van der Waals surface area contributed by atoms with Crippen molar-refractivity contribution in [2.45, 2.75) is 6.42 Å². The maximum absolute atomic E-state index is 11.5. The van der Waals surface area contributed by atoms with Crippen LogP contribution in [0.15, 0.2) is 24.3 Å². The van der Waals surface area contributed by atoms with Gasteiger partial charge in [0, 0.05) is 31.9 Å². The van der Waals surface area contributed by atoms with E-state index in [0.29, 0.717) is 12.0 Å². The zero-order valence-electron chi connectivity index (χ0n) is 11.3. The molecule has 0 unspecified atom stereocenters. The molecule has 1 aromatic rings. The SMILES string of the molecule is [CH2-]CC(=O)N1CCN(c2ccc(C#N)cc2)CC1.[K+]. The molecule has 1 aliphatic rings. The van der Waals surface area contributed by atoms with Crippen molar-refractivity contribution in [2.24, 2.45) is 0 Å². The molecule has 0 radical (unpaired) electrons. The van der Waals surface area contributed by atoms with E-state index in [1.54, 1.807) is 0 Å². The van der Waals surface area contributed by atoms with Gasteiger partial charge in [-0.3, -0.25) is 4.79 Å². The summed E-state index contributed by atoms with van der Waals surface area (Å²) in [6.07, 6.45) is 0.330. The fourth-order valence-electron chi connectivity index (χ4n) is 2.12. The first kappa shape index (κ1) is 16.7. The van der Waals surface area contributed by atoms with Gasteiger partial charge >= 0.3 is 51.4 Å². The Morgan fingerprint density at radius 3 is 2.26 bits per heavy atom. The number of piperazine rings is 1. The van der Waals surface area contributed by atoms with E-state index in [-0.39, 0.29) is 57.3 Å². The van der Waals surface area contributed by atoms with Crippen molar-refractivity contribution in [3.8, 4) is 6.07 Å². The summed E-state index contributed by atoms with van der Waals surface area (Å²) in [4.78, 5) is 15.6. The maximum atomic E-state index is 11.5. The molecule has 0 bridgehead atoms. The summed E-state index contributed by atoms with van der Waals surface area (Å²) >= 11 is 0. The van der Waals surface area contributed by atoms with E-state index in [2.05, 4.69) is 17.9 Å². The second-order valence-electron chi connectivity index (χ2n) is 4.28. The van der Waals surface area contributed by atoms with E-state index in [9.17, 15) is 4.79 Å². The summed E-state index contributed by atoms with van der Waals surface area (Å²) in [5.41, 5.74) is 1.78. The summed E-state index contributed by atoms with van der Waals surface area (Å²) in [5, 5.41) is 8.75. The molecule has 1 aliphatic heterocycles. The fraction of sp³-hybridized carbons (Fsp3) is 0.357. The Hall–Kier alpha value is -0.384. The van der Waals surface area contributed by atoms with Gasteiger partial charge in [0.1, 0.15) is 0 Å². The number of carbonyl (C=O) groups is 1. The number of nitriles is 1. The van der Waals surface area contributed by atoms with Crippen LogP contribution in [0.25, 0.3) is 0 Å². The minimum Gasteiger partial charge on any atom is -0.368 e. The third-order valence-corrected chi connectivity index (χ3v) is 3.21. The van der Waals surface area contributed by atoms with Crippen molar-refractivity contribution in [1.82, 2.24) is 4.90 Å². The molecule has 4 nitrogen and oxygen atoms in total. The number of hydrogen-bond acceptors (Lipinski definition) is 3. The zero-order chi connectivity index (χ0) is 13.0. The predicted octanol–water partition coefficient (Wildman–Crippen LogP) is -1.56. The Labute approximate surface area is 156 Å². The van der Waals surface area contributed by atoms with Crippen LogP contribution in [-0.2, 0) is 4.79 Å². The van der Waals surface area contributed by atoms with Crippen LogP contribution in [0, 0.1) is 18.3 Å². The molecule has 0 saturated carbocycles. The van der Waals surface area contributed by atoms with Crippen molar-refractivity contribution in [3.05, 3.63) is 36.8 Å². The first-order valence-corrected chi connectivity index (χ1v) is 6.06. The second-order valence-corrected chi connectivity index (χ2v) is 4.28. The third-order valence-electron chi connectivity index (χ3n) is 3.21. The van der Waals surface area contributed by atoms with Crippen LogP contribution in [0.5, 0.6) is 0 Å². The van der Waals surface area contributed by atoms with Crippen molar-refractivity contribution in [2.75, 3.05) is 31.1 Å². The molecule has 0 N–H and O–H groups in total. The molecule has 1 heterocycles. The molecule has 1 aromatic carbocycles. The fourth-order valence-corrected chi connectivity index (χ4v) is 2.12. The Bertz CT molecular complexity index is 459. The summed E-state index contributed by atoms with van der Waals surface area (Å²) < 4.78 is 0.